The van der Waals surface area contributed by atoms with E-state index in [9.17, 15) is 10.2 Å². The van der Waals surface area contributed by atoms with Gasteiger partial charge in [-0.1, -0.05) is 91.3 Å². The lowest BCUT2D eigenvalue weighted by Gasteiger charge is -2.45. The highest BCUT2D eigenvalue weighted by atomic mass is 16.3. The van der Waals surface area contributed by atoms with Crippen LogP contribution in [0.25, 0.3) is 0 Å². The van der Waals surface area contributed by atoms with Crippen LogP contribution in [-0.4, -0.2) is 28.2 Å². The molecule has 0 aromatic heterocycles. The Labute approximate surface area is 173 Å². The van der Waals surface area contributed by atoms with Crippen LogP contribution in [0.3, 0.4) is 0 Å². The lowest BCUT2D eigenvalue weighted by atomic mass is 9.76. The Morgan fingerprint density at radius 3 is 1.72 bits per heavy atom. The van der Waals surface area contributed by atoms with Crippen LogP contribution in [0.2, 0.25) is 0 Å². The molecule has 0 unspecified atom stereocenters. The number of benzene rings is 3. The Hall–Kier alpha value is -2.46. The topological polar surface area (TPSA) is 43.7 Å². The molecule has 29 heavy (non-hydrogen) atoms. The molecule has 0 amide bonds. The molecule has 1 aliphatic rings. The summed E-state index contributed by atoms with van der Waals surface area (Å²) >= 11 is 0. The first kappa shape index (κ1) is 19.8. The Kier molecular flexibility index (Phi) is 6.10. The molecule has 3 nitrogen and oxygen atoms in total. The van der Waals surface area contributed by atoms with Crippen molar-refractivity contribution in [2.24, 2.45) is 0 Å². The minimum Gasteiger partial charge on any atom is -0.392 e. The quantitative estimate of drug-likeness (QED) is 0.647. The average molecular weight is 388 g/mol. The fraction of sp³-hybridized carbons (Fsp3) is 0.308. The summed E-state index contributed by atoms with van der Waals surface area (Å²) < 4.78 is 0. The predicted molar refractivity (Wildman–Crippen MR) is 116 cm³/mol. The molecule has 3 heteroatoms. The molecule has 3 aromatic carbocycles. The fourth-order valence-corrected chi connectivity index (χ4v) is 4.57. The number of piperidine rings is 1. The highest BCUT2D eigenvalue weighted by Gasteiger charge is 2.44. The summed E-state index contributed by atoms with van der Waals surface area (Å²) in [5, 5.41) is 21.9. The maximum Gasteiger partial charge on any atom is 0.134 e. The summed E-state index contributed by atoms with van der Waals surface area (Å²) in [6, 6.07) is 27.8. The molecule has 3 aromatic rings. The van der Waals surface area contributed by atoms with Gasteiger partial charge in [0.1, 0.15) is 5.60 Å². The maximum absolute atomic E-state index is 12.5. The average Bonchev–Trinajstić information content (AvgIpc) is 2.81. The molecular formula is C26H29NO2. The van der Waals surface area contributed by atoms with Crippen molar-refractivity contribution < 1.29 is 10.2 Å². The van der Waals surface area contributed by atoms with Crippen molar-refractivity contribution in [3.8, 4) is 0 Å². The summed E-state index contributed by atoms with van der Waals surface area (Å²) in [7, 11) is 0. The molecule has 1 atom stereocenters. The zero-order valence-corrected chi connectivity index (χ0v) is 16.7. The maximum atomic E-state index is 12.5. The molecule has 0 radical (unpaired) electrons. The van der Waals surface area contributed by atoms with E-state index in [1.165, 1.54) is 6.42 Å². The molecule has 1 heterocycles. The number of likely N-dealkylation sites (tertiary alicyclic amines) is 1. The second-order valence-corrected chi connectivity index (χ2v) is 7.90. The molecule has 1 saturated heterocycles. The van der Waals surface area contributed by atoms with Crippen molar-refractivity contribution in [1.82, 2.24) is 4.90 Å². The van der Waals surface area contributed by atoms with Crippen LogP contribution in [0.4, 0.5) is 0 Å². The van der Waals surface area contributed by atoms with Gasteiger partial charge in [-0.25, -0.2) is 0 Å². The van der Waals surface area contributed by atoms with Gasteiger partial charge in [-0.05, 0) is 48.2 Å². The molecule has 4 rings (SSSR count). The molecule has 150 valence electrons. The highest BCUT2D eigenvalue weighted by Crippen LogP contribution is 2.45. The minimum atomic E-state index is -1.18. The van der Waals surface area contributed by atoms with E-state index in [4.69, 9.17) is 0 Å². The van der Waals surface area contributed by atoms with Crippen molar-refractivity contribution in [2.45, 2.75) is 37.5 Å². The Morgan fingerprint density at radius 1 is 0.724 bits per heavy atom. The number of aliphatic hydroxyl groups excluding tert-OH is 1. The first-order valence-corrected chi connectivity index (χ1v) is 10.5. The van der Waals surface area contributed by atoms with Crippen molar-refractivity contribution in [2.75, 3.05) is 13.1 Å². The third-order valence-electron chi connectivity index (χ3n) is 6.06. The normalized spacial score (nSPS) is 16.5. The largest absolute Gasteiger partial charge is 0.392 e. The van der Waals surface area contributed by atoms with Gasteiger partial charge in [0.05, 0.1) is 12.6 Å². The van der Waals surface area contributed by atoms with Gasteiger partial charge in [0.25, 0.3) is 0 Å². The molecule has 1 aliphatic heterocycles. The molecular weight excluding hydrogens is 358 g/mol. The Morgan fingerprint density at radius 2 is 1.24 bits per heavy atom. The number of rotatable bonds is 6. The minimum absolute atomic E-state index is 0.0241. The second-order valence-electron chi connectivity index (χ2n) is 7.90. The van der Waals surface area contributed by atoms with Gasteiger partial charge < -0.3 is 10.2 Å². The highest BCUT2D eigenvalue weighted by molar-refractivity contribution is 5.42. The van der Waals surface area contributed by atoms with Crippen LogP contribution in [0, 0.1) is 0 Å². The lowest BCUT2D eigenvalue weighted by molar-refractivity contribution is -0.0299. The zero-order valence-electron chi connectivity index (χ0n) is 16.7. The third kappa shape index (κ3) is 3.99. The summed E-state index contributed by atoms with van der Waals surface area (Å²) in [6.45, 7) is 1.96. The van der Waals surface area contributed by atoms with E-state index in [2.05, 4.69) is 17.0 Å². The van der Waals surface area contributed by atoms with Gasteiger partial charge >= 0.3 is 0 Å². The Balaban J connectivity index is 1.90. The van der Waals surface area contributed by atoms with Crippen LogP contribution < -0.4 is 0 Å². The van der Waals surface area contributed by atoms with Gasteiger partial charge in [-0.2, -0.15) is 0 Å². The van der Waals surface area contributed by atoms with Crippen molar-refractivity contribution >= 4 is 0 Å². The van der Waals surface area contributed by atoms with Gasteiger partial charge in [-0.3, -0.25) is 4.90 Å². The summed E-state index contributed by atoms with van der Waals surface area (Å²) in [5.74, 6) is 0. The first-order valence-electron chi connectivity index (χ1n) is 10.5. The van der Waals surface area contributed by atoms with Crippen LogP contribution in [0.5, 0.6) is 0 Å². The van der Waals surface area contributed by atoms with Crippen molar-refractivity contribution in [3.63, 3.8) is 0 Å². The van der Waals surface area contributed by atoms with E-state index < -0.39 is 5.60 Å². The van der Waals surface area contributed by atoms with Crippen LogP contribution in [-0.2, 0) is 12.2 Å². The summed E-state index contributed by atoms with van der Waals surface area (Å²) in [4.78, 5) is 2.43. The van der Waals surface area contributed by atoms with Crippen molar-refractivity contribution in [3.05, 3.63) is 107 Å². The van der Waals surface area contributed by atoms with E-state index in [0.29, 0.717) is 0 Å². The van der Waals surface area contributed by atoms with Gasteiger partial charge in [0.15, 0.2) is 0 Å². The molecule has 0 saturated carbocycles. The molecule has 0 aliphatic carbocycles. The second kappa shape index (κ2) is 8.91. The van der Waals surface area contributed by atoms with Gasteiger partial charge in [-0.15, -0.1) is 0 Å². The molecule has 2 N–H and O–H groups in total. The number of hydrogen-bond donors (Lipinski definition) is 2. The number of aliphatic hydroxyl groups is 2. The first-order chi connectivity index (χ1) is 14.2. The predicted octanol–water partition coefficient (Wildman–Crippen LogP) is 4.64. The summed E-state index contributed by atoms with van der Waals surface area (Å²) in [5.41, 5.74) is 2.56. The van der Waals surface area contributed by atoms with E-state index in [0.717, 1.165) is 48.2 Å². The van der Waals surface area contributed by atoms with E-state index in [1.807, 2.05) is 72.8 Å². The molecule has 0 spiro atoms. The third-order valence-corrected chi connectivity index (χ3v) is 6.06. The van der Waals surface area contributed by atoms with Crippen LogP contribution in [0.15, 0.2) is 84.9 Å². The van der Waals surface area contributed by atoms with Crippen LogP contribution in [0.1, 0.15) is 47.6 Å². The molecule has 0 bridgehead atoms. The smallest absolute Gasteiger partial charge is 0.134 e. The number of hydrogen-bond acceptors (Lipinski definition) is 3. The lowest BCUT2D eigenvalue weighted by Crippen LogP contribution is -2.47. The number of nitrogens with zero attached hydrogens (tertiary/aromatic N) is 1. The van der Waals surface area contributed by atoms with Crippen LogP contribution >= 0.6 is 0 Å². The summed E-state index contributed by atoms with van der Waals surface area (Å²) in [6.07, 6.45) is 3.53. The molecule has 1 fully saturated rings. The zero-order chi connectivity index (χ0) is 20.1. The fourth-order valence-electron chi connectivity index (χ4n) is 4.57. The standard InChI is InChI=1S/C26H29NO2/c28-20-21-14-16-22(17-15-21)25(27-18-8-3-9-19-27)26(29,23-10-4-1-5-11-23)24-12-6-2-7-13-24/h1-2,4-7,10-17,25,28-29H,3,8-9,18-20H2/t25-/m1/s1. The van der Waals surface area contributed by atoms with Crippen molar-refractivity contribution in [1.29, 1.82) is 0 Å². The van der Waals surface area contributed by atoms with Gasteiger partial charge in [0, 0.05) is 0 Å². The Bertz CT molecular complexity index is 848. The SMILES string of the molecule is OCc1ccc([C@@H](N2CCCCC2)C(O)(c2ccccc2)c2ccccc2)cc1. The van der Waals surface area contributed by atoms with Gasteiger partial charge in [0.2, 0.25) is 0 Å². The van der Waals surface area contributed by atoms with E-state index in [1.54, 1.807) is 0 Å². The van der Waals surface area contributed by atoms with E-state index >= 15 is 0 Å². The van der Waals surface area contributed by atoms with E-state index in [-0.39, 0.29) is 12.6 Å². The monoisotopic (exact) mass is 387 g/mol.